The molecule has 116 valence electrons. The first-order chi connectivity index (χ1) is 9.37. The van der Waals surface area contributed by atoms with Crippen LogP contribution < -0.4 is 5.48 Å². The number of nitrogens with one attached hydrogen (secondary N) is 1. The van der Waals surface area contributed by atoms with E-state index in [4.69, 9.17) is 34.8 Å². The van der Waals surface area contributed by atoms with Gasteiger partial charge in [-0.2, -0.15) is 0 Å². The topological polar surface area (TPSA) is 64.6 Å². The van der Waals surface area contributed by atoms with Crippen molar-refractivity contribution in [1.29, 1.82) is 0 Å². The molecule has 0 saturated heterocycles. The van der Waals surface area contributed by atoms with Gasteiger partial charge < -0.3 is 9.57 Å². The molecule has 0 atom stereocenters. The molecular formula is C12H18Cl3NO4. The van der Waals surface area contributed by atoms with E-state index in [0.717, 1.165) is 19.3 Å². The summed E-state index contributed by atoms with van der Waals surface area (Å²) < 4.78 is 2.84. The number of hydroxylamine groups is 1. The van der Waals surface area contributed by atoms with E-state index < -0.39 is 22.5 Å². The van der Waals surface area contributed by atoms with E-state index >= 15 is 0 Å². The van der Waals surface area contributed by atoms with Crippen LogP contribution in [0.5, 0.6) is 0 Å². The molecule has 20 heavy (non-hydrogen) atoms. The van der Waals surface area contributed by atoms with Crippen LogP contribution in [0, 0.1) is 5.92 Å². The van der Waals surface area contributed by atoms with Crippen LogP contribution in [0.15, 0.2) is 0 Å². The highest BCUT2D eigenvalue weighted by atomic mass is 35.6. The Labute approximate surface area is 133 Å². The molecule has 1 amide bonds. The fraction of sp³-hybridized carbons (Fsp3) is 0.833. The minimum absolute atomic E-state index is 0.273. The second-order valence-corrected chi connectivity index (χ2v) is 7.33. The molecule has 0 aromatic heterocycles. The number of hydrogen-bond donors (Lipinski definition) is 1. The lowest BCUT2D eigenvalue weighted by molar-refractivity contribution is -0.150. The Hall–Kier alpha value is -0.390. The minimum atomic E-state index is -1.69. The fourth-order valence-electron chi connectivity index (χ4n) is 2.12. The Morgan fingerprint density at radius 1 is 1.15 bits per heavy atom. The lowest BCUT2D eigenvalue weighted by Crippen LogP contribution is -2.30. The van der Waals surface area contributed by atoms with Crippen molar-refractivity contribution in [2.75, 3.05) is 6.61 Å². The molecule has 0 bridgehead atoms. The van der Waals surface area contributed by atoms with Crippen molar-refractivity contribution in [2.24, 2.45) is 5.92 Å². The van der Waals surface area contributed by atoms with Gasteiger partial charge in [-0.05, 0) is 12.3 Å². The van der Waals surface area contributed by atoms with Crippen LogP contribution >= 0.6 is 34.8 Å². The number of rotatable bonds is 4. The third kappa shape index (κ3) is 8.72. The molecule has 0 unspecified atom stereocenters. The summed E-state index contributed by atoms with van der Waals surface area (Å²) in [6.45, 7) is -0.427. The summed E-state index contributed by atoms with van der Waals surface area (Å²) in [5.74, 6) is 0.0778. The van der Waals surface area contributed by atoms with Crippen molar-refractivity contribution in [3.05, 3.63) is 0 Å². The third-order valence-corrected chi connectivity index (χ3v) is 3.42. The Morgan fingerprint density at radius 2 is 1.80 bits per heavy atom. The zero-order valence-electron chi connectivity index (χ0n) is 11.0. The van der Waals surface area contributed by atoms with Gasteiger partial charge >= 0.3 is 12.1 Å². The van der Waals surface area contributed by atoms with Crippen molar-refractivity contribution in [2.45, 2.75) is 48.7 Å². The molecule has 1 rings (SSSR count). The molecule has 1 saturated carbocycles. The van der Waals surface area contributed by atoms with Gasteiger partial charge in [0.25, 0.3) is 0 Å². The number of carbonyl (C=O) groups excluding carboxylic acids is 2. The number of carbonyl (C=O) groups is 2. The zero-order chi connectivity index (χ0) is 15.0. The van der Waals surface area contributed by atoms with Gasteiger partial charge in [-0.25, -0.2) is 9.59 Å². The van der Waals surface area contributed by atoms with Crippen LogP contribution in [0.2, 0.25) is 0 Å². The van der Waals surface area contributed by atoms with Gasteiger partial charge in [0.2, 0.25) is 3.79 Å². The molecular weight excluding hydrogens is 328 g/mol. The molecule has 0 aromatic rings. The van der Waals surface area contributed by atoms with Crippen LogP contribution in [0.4, 0.5) is 4.79 Å². The van der Waals surface area contributed by atoms with Gasteiger partial charge in [0, 0.05) is 6.42 Å². The smallest absolute Gasteiger partial charge is 0.440 e. The second-order valence-electron chi connectivity index (χ2n) is 4.81. The zero-order valence-corrected chi connectivity index (χ0v) is 13.3. The van der Waals surface area contributed by atoms with Gasteiger partial charge in [0.1, 0.15) is 6.61 Å². The number of hydrogen-bond acceptors (Lipinski definition) is 4. The minimum Gasteiger partial charge on any atom is -0.443 e. The lowest BCUT2D eigenvalue weighted by atomic mass is 9.86. The highest BCUT2D eigenvalue weighted by Gasteiger charge is 2.22. The number of amides is 1. The molecule has 0 heterocycles. The van der Waals surface area contributed by atoms with Crippen molar-refractivity contribution in [3.63, 3.8) is 0 Å². The van der Waals surface area contributed by atoms with Crippen LogP contribution in [0.1, 0.15) is 44.9 Å². The molecule has 1 aliphatic rings. The molecule has 0 spiro atoms. The summed E-state index contributed by atoms with van der Waals surface area (Å²) in [7, 11) is 0. The number of ether oxygens (including phenoxy) is 1. The predicted molar refractivity (Wildman–Crippen MR) is 76.7 cm³/mol. The van der Waals surface area contributed by atoms with Crippen molar-refractivity contribution in [1.82, 2.24) is 5.48 Å². The quantitative estimate of drug-likeness (QED) is 0.619. The van der Waals surface area contributed by atoms with E-state index in [2.05, 4.69) is 9.57 Å². The standard InChI is InChI=1S/C12H18Cl3NO4/c13-12(14,15)8-19-11(18)16-20-10(17)7-6-9-4-2-1-3-5-9/h9H,1-8H2,(H,16,18). The molecule has 1 fully saturated rings. The van der Waals surface area contributed by atoms with Gasteiger partial charge in [-0.15, -0.1) is 5.48 Å². The predicted octanol–water partition coefficient (Wildman–Crippen LogP) is 3.90. The fourth-order valence-corrected chi connectivity index (χ4v) is 2.29. The Morgan fingerprint density at radius 3 is 2.40 bits per heavy atom. The first kappa shape index (κ1) is 17.7. The average molecular weight is 347 g/mol. The van der Waals surface area contributed by atoms with Crippen LogP contribution in [-0.4, -0.2) is 22.5 Å². The normalized spacial score (nSPS) is 16.6. The maximum atomic E-state index is 11.4. The van der Waals surface area contributed by atoms with Crippen LogP contribution in [-0.2, 0) is 14.4 Å². The van der Waals surface area contributed by atoms with Crippen LogP contribution in [0.25, 0.3) is 0 Å². The first-order valence-electron chi connectivity index (χ1n) is 6.56. The van der Waals surface area contributed by atoms with E-state index in [1.54, 1.807) is 0 Å². The van der Waals surface area contributed by atoms with Gasteiger partial charge in [-0.3, -0.25) is 0 Å². The second kappa shape index (κ2) is 8.80. The molecule has 1 N–H and O–H groups in total. The largest absolute Gasteiger partial charge is 0.443 e. The summed E-state index contributed by atoms with van der Waals surface area (Å²) in [4.78, 5) is 27.1. The Kier molecular flexibility index (Phi) is 7.77. The maximum Gasteiger partial charge on any atom is 0.440 e. The van der Waals surface area contributed by atoms with Crippen molar-refractivity contribution < 1.29 is 19.2 Å². The molecule has 0 aliphatic heterocycles. The highest BCUT2D eigenvalue weighted by molar-refractivity contribution is 6.67. The summed E-state index contributed by atoms with van der Waals surface area (Å²) in [5.41, 5.74) is 1.86. The van der Waals surface area contributed by atoms with E-state index in [9.17, 15) is 9.59 Å². The third-order valence-electron chi connectivity index (χ3n) is 3.10. The SMILES string of the molecule is O=C(CCC1CCCCC1)ONC(=O)OCC(Cl)(Cl)Cl. The van der Waals surface area contributed by atoms with Gasteiger partial charge in [-0.1, -0.05) is 66.9 Å². The number of halogens is 3. The monoisotopic (exact) mass is 345 g/mol. The Bertz CT molecular complexity index is 327. The maximum absolute atomic E-state index is 11.4. The van der Waals surface area contributed by atoms with Gasteiger partial charge in [0.15, 0.2) is 0 Å². The van der Waals surface area contributed by atoms with E-state index in [-0.39, 0.29) is 6.42 Å². The highest BCUT2D eigenvalue weighted by Crippen LogP contribution is 2.27. The van der Waals surface area contributed by atoms with Crippen LogP contribution in [0.3, 0.4) is 0 Å². The number of alkyl halides is 3. The summed E-state index contributed by atoms with van der Waals surface area (Å²) in [6.07, 6.45) is 6.12. The first-order valence-corrected chi connectivity index (χ1v) is 7.69. The molecule has 1 aliphatic carbocycles. The van der Waals surface area contributed by atoms with E-state index in [1.165, 1.54) is 19.3 Å². The molecule has 0 aromatic carbocycles. The lowest BCUT2D eigenvalue weighted by Gasteiger charge is -2.20. The average Bonchev–Trinajstić information content (AvgIpc) is 2.41. The summed E-state index contributed by atoms with van der Waals surface area (Å²) in [6, 6.07) is 0. The van der Waals surface area contributed by atoms with Crippen molar-refractivity contribution in [3.8, 4) is 0 Å². The summed E-state index contributed by atoms with van der Waals surface area (Å²) >= 11 is 16.2. The Balaban J connectivity index is 2.08. The van der Waals surface area contributed by atoms with Gasteiger partial charge in [0.05, 0.1) is 0 Å². The summed E-state index contributed by atoms with van der Waals surface area (Å²) in [5, 5.41) is 0. The van der Waals surface area contributed by atoms with E-state index in [0.29, 0.717) is 5.92 Å². The molecule has 5 nitrogen and oxygen atoms in total. The van der Waals surface area contributed by atoms with Crippen molar-refractivity contribution >= 4 is 46.9 Å². The van der Waals surface area contributed by atoms with E-state index in [1.807, 2.05) is 5.48 Å². The molecule has 8 heteroatoms. The molecule has 0 radical (unpaired) electrons.